The van der Waals surface area contributed by atoms with Gasteiger partial charge in [0.25, 0.3) is 0 Å². The molecule has 0 saturated heterocycles. The number of aryl methyl sites for hydroxylation is 1. The Morgan fingerprint density at radius 2 is 2.00 bits per heavy atom. The highest BCUT2D eigenvalue weighted by Crippen LogP contribution is 2.37. The predicted molar refractivity (Wildman–Crippen MR) is 108 cm³/mol. The van der Waals surface area contributed by atoms with Gasteiger partial charge in [-0.05, 0) is 59.3 Å². The number of alkyl halides is 3. The van der Waals surface area contributed by atoms with Crippen LogP contribution in [-0.2, 0) is 0 Å². The minimum absolute atomic E-state index is 0.119. The van der Waals surface area contributed by atoms with Crippen LogP contribution < -0.4 is 15.7 Å². The van der Waals surface area contributed by atoms with E-state index in [4.69, 9.17) is 0 Å². The lowest BCUT2D eigenvalue weighted by Crippen LogP contribution is -2.25. The van der Waals surface area contributed by atoms with Crippen molar-refractivity contribution in [3.63, 3.8) is 0 Å². The molecule has 0 amide bonds. The van der Waals surface area contributed by atoms with E-state index in [1.165, 1.54) is 16.7 Å². The molecule has 3 aromatic rings. The first-order chi connectivity index (χ1) is 13.7. The van der Waals surface area contributed by atoms with Crippen LogP contribution in [0.25, 0.3) is 16.6 Å². The minimum atomic E-state index is -4.86. The smallest absolute Gasteiger partial charge is 0.405 e. The number of para-hydroxylation sites is 1. The fourth-order valence-corrected chi connectivity index (χ4v) is 3.60. The molecule has 1 aromatic heterocycles. The number of halogens is 4. The lowest BCUT2D eigenvalue weighted by molar-refractivity contribution is -0.274. The van der Waals surface area contributed by atoms with E-state index in [-0.39, 0.29) is 9.99 Å². The summed E-state index contributed by atoms with van der Waals surface area (Å²) in [5.41, 5.74) is 1.03. The molecule has 9 heteroatoms. The zero-order valence-electron chi connectivity index (χ0n) is 15.4. The maximum atomic E-state index is 12.9. The number of rotatable bonds is 5. The van der Waals surface area contributed by atoms with E-state index >= 15 is 0 Å². The molecule has 0 atom stereocenters. The molecule has 0 aliphatic heterocycles. The Morgan fingerprint density at radius 3 is 2.66 bits per heavy atom. The van der Waals surface area contributed by atoms with Crippen LogP contribution in [0, 0.1) is 12.8 Å². The highest BCUT2D eigenvalue weighted by Gasteiger charge is 2.32. The topological polar surface area (TPSA) is 56.2 Å². The van der Waals surface area contributed by atoms with Crippen molar-refractivity contribution >= 4 is 32.7 Å². The number of nitrogens with one attached hydrogen (secondary N) is 1. The Balaban J connectivity index is 1.96. The number of nitrogens with zero attached hydrogens (tertiary/aromatic N) is 2. The number of ether oxygens (including phenoxy) is 1. The van der Waals surface area contributed by atoms with E-state index in [0.29, 0.717) is 29.4 Å². The van der Waals surface area contributed by atoms with Crippen molar-refractivity contribution in [3.05, 3.63) is 56.9 Å². The van der Waals surface area contributed by atoms with Gasteiger partial charge in [-0.15, -0.1) is 13.2 Å². The van der Waals surface area contributed by atoms with Gasteiger partial charge in [0.1, 0.15) is 11.6 Å². The second-order valence-electron chi connectivity index (χ2n) is 7.04. The summed E-state index contributed by atoms with van der Waals surface area (Å²) in [7, 11) is 0. The zero-order chi connectivity index (χ0) is 20.8. The van der Waals surface area contributed by atoms with Crippen LogP contribution in [0.3, 0.4) is 0 Å². The van der Waals surface area contributed by atoms with Gasteiger partial charge in [0.2, 0.25) is 0 Å². The second-order valence-corrected chi connectivity index (χ2v) is 7.89. The van der Waals surface area contributed by atoms with Crippen LogP contribution in [0.15, 0.2) is 45.7 Å². The molecular weight excluding hydrogens is 451 g/mol. The third-order valence-electron chi connectivity index (χ3n) is 4.78. The Kier molecular flexibility index (Phi) is 5.02. The maximum Gasteiger partial charge on any atom is 0.573 e. The fraction of sp³-hybridized carbons (Fsp3) is 0.300. The number of anilines is 1. The highest BCUT2D eigenvalue weighted by atomic mass is 79.9. The first-order valence-corrected chi connectivity index (χ1v) is 9.84. The Hall–Kier alpha value is -2.55. The molecule has 1 heterocycles. The summed E-state index contributed by atoms with van der Waals surface area (Å²) in [6, 6.07) is 9.82. The molecule has 152 valence electrons. The summed E-state index contributed by atoms with van der Waals surface area (Å²) in [4.78, 5) is 17.1. The first-order valence-electron chi connectivity index (χ1n) is 9.05. The van der Waals surface area contributed by atoms with Gasteiger partial charge in [0.15, 0.2) is 0 Å². The molecular formula is C20H17BrF3N3O2. The summed E-state index contributed by atoms with van der Waals surface area (Å²) in [6.45, 7) is 2.48. The van der Waals surface area contributed by atoms with E-state index in [9.17, 15) is 18.0 Å². The SMILES string of the molecule is Cc1ccccc1-n1c(=O)nc(NCC2CC2)c2cc(Br)c(OC(F)(F)F)cc21. The Labute approximate surface area is 172 Å². The van der Waals surface area contributed by atoms with Crippen molar-refractivity contribution in [3.8, 4) is 11.4 Å². The first kappa shape index (κ1) is 19.8. The molecule has 2 aromatic carbocycles. The van der Waals surface area contributed by atoms with E-state index in [1.807, 2.05) is 19.1 Å². The lowest BCUT2D eigenvalue weighted by atomic mass is 10.1. The summed E-state index contributed by atoms with van der Waals surface area (Å²) >= 11 is 3.14. The van der Waals surface area contributed by atoms with Gasteiger partial charge in [-0.25, -0.2) is 4.79 Å². The van der Waals surface area contributed by atoms with Crippen molar-refractivity contribution in [1.29, 1.82) is 0 Å². The van der Waals surface area contributed by atoms with Gasteiger partial charge in [-0.3, -0.25) is 4.57 Å². The number of fused-ring (bicyclic) bond motifs is 1. The number of benzene rings is 2. The summed E-state index contributed by atoms with van der Waals surface area (Å²) in [6.07, 6.45) is -2.64. The second kappa shape index (κ2) is 7.37. The van der Waals surface area contributed by atoms with Gasteiger partial charge >= 0.3 is 12.1 Å². The van der Waals surface area contributed by atoms with Crippen molar-refractivity contribution in [2.75, 3.05) is 11.9 Å². The molecule has 4 rings (SSSR count). The van der Waals surface area contributed by atoms with Crippen LogP contribution in [0.5, 0.6) is 5.75 Å². The van der Waals surface area contributed by atoms with Crippen LogP contribution in [0.2, 0.25) is 0 Å². The average Bonchev–Trinajstić information content (AvgIpc) is 3.45. The van der Waals surface area contributed by atoms with Crippen LogP contribution >= 0.6 is 15.9 Å². The van der Waals surface area contributed by atoms with E-state index in [2.05, 4.69) is 31.0 Å². The molecule has 1 fully saturated rings. The summed E-state index contributed by atoms with van der Waals surface area (Å²) < 4.78 is 44.1. The normalized spacial score (nSPS) is 14.2. The molecule has 0 spiro atoms. The Morgan fingerprint density at radius 1 is 1.28 bits per heavy atom. The van der Waals surface area contributed by atoms with Gasteiger partial charge < -0.3 is 10.1 Å². The third kappa shape index (κ3) is 4.24. The van der Waals surface area contributed by atoms with Crippen LogP contribution in [0.4, 0.5) is 19.0 Å². The number of aromatic nitrogens is 2. The van der Waals surface area contributed by atoms with Gasteiger partial charge in [-0.1, -0.05) is 18.2 Å². The molecule has 1 saturated carbocycles. The molecule has 0 unspecified atom stereocenters. The van der Waals surface area contributed by atoms with E-state index < -0.39 is 17.8 Å². The molecule has 5 nitrogen and oxygen atoms in total. The highest BCUT2D eigenvalue weighted by molar-refractivity contribution is 9.10. The van der Waals surface area contributed by atoms with Crippen LogP contribution in [0.1, 0.15) is 18.4 Å². The minimum Gasteiger partial charge on any atom is -0.405 e. The fourth-order valence-electron chi connectivity index (χ4n) is 3.17. The van der Waals surface area contributed by atoms with E-state index in [1.54, 1.807) is 12.1 Å². The molecule has 0 bridgehead atoms. The molecule has 1 aliphatic carbocycles. The Bertz CT molecular complexity index is 1140. The third-order valence-corrected chi connectivity index (χ3v) is 5.40. The standard InChI is InChI=1S/C20H17BrF3N3O2/c1-11-4-2-3-5-15(11)27-16-9-17(29-20(22,23)24)14(21)8-13(16)18(26-19(27)28)25-10-12-6-7-12/h2-5,8-9,12H,6-7,10H2,1H3,(H,25,26,28). The largest absolute Gasteiger partial charge is 0.573 e. The quantitative estimate of drug-likeness (QED) is 0.561. The van der Waals surface area contributed by atoms with Gasteiger partial charge in [-0.2, -0.15) is 4.98 Å². The van der Waals surface area contributed by atoms with Crippen molar-refractivity contribution in [1.82, 2.24) is 9.55 Å². The number of hydrogen-bond acceptors (Lipinski definition) is 4. The van der Waals surface area contributed by atoms with Crippen molar-refractivity contribution < 1.29 is 17.9 Å². The number of hydrogen-bond donors (Lipinski definition) is 1. The van der Waals surface area contributed by atoms with Crippen LogP contribution in [-0.4, -0.2) is 22.5 Å². The predicted octanol–water partition coefficient (Wildman–Crippen LogP) is 5.18. The summed E-state index contributed by atoms with van der Waals surface area (Å²) in [5, 5.41) is 3.69. The average molecular weight is 468 g/mol. The van der Waals surface area contributed by atoms with Gasteiger partial charge in [0.05, 0.1) is 15.7 Å². The lowest BCUT2D eigenvalue weighted by Gasteiger charge is -2.18. The van der Waals surface area contributed by atoms with E-state index in [0.717, 1.165) is 18.4 Å². The van der Waals surface area contributed by atoms with Crippen molar-refractivity contribution in [2.24, 2.45) is 5.92 Å². The molecule has 29 heavy (non-hydrogen) atoms. The maximum absolute atomic E-state index is 12.9. The molecule has 1 N–H and O–H groups in total. The zero-order valence-corrected chi connectivity index (χ0v) is 17.0. The summed E-state index contributed by atoms with van der Waals surface area (Å²) in [5.74, 6) is 0.453. The van der Waals surface area contributed by atoms with Crippen molar-refractivity contribution in [2.45, 2.75) is 26.1 Å². The van der Waals surface area contributed by atoms with Gasteiger partial charge in [0, 0.05) is 18.0 Å². The molecule has 1 aliphatic rings. The monoisotopic (exact) mass is 467 g/mol. The molecule has 0 radical (unpaired) electrons.